The van der Waals surface area contributed by atoms with Crippen LogP contribution in [0.2, 0.25) is 0 Å². The minimum atomic E-state index is 0.547. The molecule has 7 nitrogen and oxygen atoms in total. The van der Waals surface area contributed by atoms with Crippen molar-refractivity contribution in [3.05, 3.63) is 5.82 Å². The third kappa shape index (κ3) is 6.31. The molecule has 0 unspecified atom stereocenters. The van der Waals surface area contributed by atoms with Crippen LogP contribution in [0.15, 0.2) is 4.99 Å². The molecule has 2 rings (SSSR count). The molecule has 1 aromatic heterocycles. The second kappa shape index (κ2) is 10.8. The van der Waals surface area contributed by atoms with Gasteiger partial charge in [0.05, 0.1) is 6.54 Å². The highest BCUT2D eigenvalue weighted by Gasteiger charge is 2.22. The smallest absolute Gasteiger partial charge is 0.205 e. The highest BCUT2D eigenvalue weighted by atomic mass is 32.1. The quantitative estimate of drug-likeness (QED) is 0.538. The Labute approximate surface area is 169 Å². The molecule has 0 saturated carbocycles. The zero-order valence-corrected chi connectivity index (χ0v) is 18.7. The maximum absolute atomic E-state index is 4.90. The summed E-state index contributed by atoms with van der Waals surface area (Å²) in [4.78, 5) is 16.7. The predicted molar refractivity (Wildman–Crippen MR) is 116 cm³/mol. The molecule has 1 fully saturated rings. The van der Waals surface area contributed by atoms with Crippen LogP contribution in [-0.4, -0.2) is 83.0 Å². The van der Waals surface area contributed by atoms with Gasteiger partial charge in [-0.05, 0) is 34.6 Å². The van der Waals surface area contributed by atoms with Crippen molar-refractivity contribution in [1.82, 2.24) is 24.5 Å². The molecule has 0 bridgehead atoms. The van der Waals surface area contributed by atoms with E-state index in [2.05, 4.69) is 70.9 Å². The van der Waals surface area contributed by atoms with Crippen molar-refractivity contribution >= 4 is 22.6 Å². The molecule has 0 aliphatic carbocycles. The van der Waals surface area contributed by atoms with Gasteiger partial charge in [-0.1, -0.05) is 6.92 Å². The Morgan fingerprint density at radius 3 is 2.33 bits per heavy atom. The fraction of sp³-hybridized carbons (Fsp3) is 0.842. The van der Waals surface area contributed by atoms with Gasteiger partial charge >= 0.3 is 0 Å². The Bertz CT molecular complexity index is 568. The normalized spacial score (nSPS) is 16.1. The Kier molecular flexibility index (Phi) is 8.76. The molecule has 0 aromatic carbocycles. The van der Waals surface area contributed by atoms with Crippen LogP contribution in [0.3, 0.4) is 0 Å². The van der Waals surface area contributed by atoms with Gasteiger partial charge in [0, 0.05) is 69.3 Å². The predicted octanol–water partition coefficient (Wildman–Crippen LogP) is 2.31. The van der Waals surface area contributed by atoms with E-state index in [9.17, 15) is 0 Å². The van der Waals surface area contributed by atoms with Crippen LogP contribution in [-0.2, 0) is 6.42 Å². The van der Waals surface area contributed by atoms with Crippen LogP contribution in [0.5, 0.6) is 0 Å². The molecule has 0 atom stereocenters. The lowest BCUT2D eigenvalue weighted by molar-refractivity contribution is 0.180. The average Bonchev–Trinajstić information content (AvgIpc) is 3.13. The van der Waals surface area contributed by atoms with Gasteiger partial charge in [0.2, 0.25) is 5.13 Å². The van der Waals surface area contributed by atoms with Gasteiger partial charge in [-0.3, -0.25) is 9.89 Å². The Hall–Kier alpha value is -1.41. The zero-order valence-electron chi connectivity index (χ0n) is 17.9. The second-order valence-corrected chi connectivity index (χ2v) is 8.21. The molecule has 1 saturated heterocycles. The Morgan fingerprint density at radius 2 is 1.81 bits per heavy atom. The van der Waals surface area contributed by atoms with E-state index in [1.54, 1.807) is 0 Å². The summed E-state index contributed by atoms with van der Waals surface area (Å²) in [5.74, 6) is 1.99. The van der Waals surface area contributed by atoms with Crippen LogP contribution in [0.25, 0.3) is 0 Å². The molecule has 1 aromatic rings. The fourth-order valence-corrected chi connectivity index (χ4v) is 4.24. The van der Waals surface area contributed by atoms with E-state index in [0.717, 1.165) is 69.1 Å². The highest BCUT2D eigenvalue weighted by molar-refractivity contribution is 7.09. The maximum Gasteiger partial charge on any atom is 0.205 e. The van der Waals surface area contributed by atoms with E-state index in [1.807, 2.05) is 0 Å². The Morgan fingerprint density at radius 1 is 1.15 bits per heavy atom. The molecule has 0 amide bonds. The average molecular weight is 396 g/mol. The number of piperazine rings is 1. The second-order valence-electron chi connectivity index (χ2n) is 7.48. The number of nitrogens with one attached hydrogen (secondary N) is 1. The van der Waals surface area contributed by atoms with Crippen molar-refractivity contribution in [1.29, 1.82) is 0 Å². The summed E-state index contributed by atoms with van der Waals surface area (Å²) in [6, 6.07) is 1.09. The topological polar surface area (TPSA) is 59.9 Å². The van der Waals surface area contributed by atoms with E-state index in [0.29, 0.717) is 12.1 Å². The van der Waals surface area contributed by atoms with Crippen molar-refractivity contribution in [2.45, 2.75) is 60.0 Å². The van der Waals surface area contributed by atoms with E-state index in [-0.39, 0.29) is 0 Å². The third-order valence-corrected chi connectivity index (χ3v) is 5.72. The standard InChI is InChI=1S/C19H37N7S/c1-7-17-22-19(27-23-17)25-13-11-24(12-14-25)18(20-8-2)21-9-10-26(15(3)4)16(5)6/h15-16H,7-14H2,1-6H3,(H,20,21). The van der Waals surface area contributed by atoms with Crippen molar-refractivity contribution in [2.24, 2.45) is 4.99 Å². The maximum atomic E-state index is 4.90. The summed E-state index contributed by atoms with van der Waals surface area (Å²) in [6.07, 6.45) is 0.900. The van der Waals surface area contributed by atoms with E-state index in [4.69, 9.17) is 4.99 Å². The van der Waals surface area contributed by atoms with Crippen LogP contribution in [0, 0.1) is 0 Å². The van der Waals surface area contributed by atoms with Gasteiger partial charge in [0.25, 0.3) is 0 Å². The lowest BCUT2D eigenvalue weighted by atomic mass is 10.2. The van der Waals surface area contributed by atoms with Crippen molar-refractivity contribution in [2.75, 3.05) is 50.7 Å². The number of hydrogen-bond acceptors (Lipinski definition) is 6. The van der Waals surface area contributed by atoms with Gasteiger partial charge in [-0.2, -0.15) is 4.37 Å². The van der Waals surface area contributed by atoms with E-state index >= 15 is 0 Å². The number of hydrogen-bond donors (Lipinski definition) is 1. The first kappa shape index (κ1) is 21.9. The number of rotatable bonds is 8. The van der Waals surface area contributed by atoms with Crippen molar-refractivity contribution in [3.63, 3.8) is 0 Å². The van der Waals surface area contributed by atoms with Crippen LogP contribution in [0.1, 0.15) is 47.4 Å². The van der Waals surface area contributed by atoms with Gasteiger partial charge < -0.3 is 15.1 Å². The minimum absolute atomic E-state index is 0.547. The Balaban J connectivity index is 1.91. The van der Waals surface area contributed by atoms with E-state index < -0.39 is 0 Å². The molecule has 27 heavy (non-hydrogen) atoms. The summed E-state index contributed by atoms with van der Waals surface area (Å²) in [5.41, 5.74) is 0. The highest BCUT2D eigenvalue weighted by Crippen LogP contribution is 2.19. The third-order valence-electron chi connectivity index (χ3n) is 4.90. The first-order valence-electron chi connectivity index (χ1n) is 10.3. The fourth-order valence-electron chi connectivity index (χ4n) is 3.44. The number of anilines is 1. The molecule has 0 spiro atoms. The minimum Gasteiger partial charge on any atom is -0.357 e. The van der Waals surface area contributed by atoms with Crippen LogP contribution >= 0.6 is 11.5 Å². The van der Waals surface area contributed by atoms with Gasteiger partial charge in [-0.15, -0.1) is 0 Å². The zero-order chi connectivity index (χ0) is 19.8. The molecular formula is C19H37N7S. The number of aliphatic imine (C=N–C) groups is 1. The summed E-state index contributed by atoms with van der Waals surface area (Å²) in [5, 5.41) is 4.52. The molecular weight excluding hydrogens is 358 g/mol. The van der Waals surface area contributed by atoms with Gasteiger partial charge in [0.1, 0.15) is 5.82 Å². The lowest BCUT2D eigenvalue weighted by Crippen LogP contribution is -2.52. The molecule has 1 aliphatic rings. The van der Waals surface area contributed by atoms with Crippen LogP contribution in [0.4, 0.5) is 5.13 Å². The SMILES string of the molecule is CCNC(=NCCN(C(C)C)C(C)C)N1CCN(c2nc(CC)ns2)CC1. The monoisotopic (exact) mass is 395 g/mol. The molecule has 8 heteroatoms. The molecule has 1 N–H and O–H groups in total. The number of nitrogens with zero attached hydrogens (tertiary/aromatic N) is 6. The van der Waals surface area contributed by atoms with E-state index in [1.165, 1.54) is 11.5 Å². The van der Waals surface area contributed by atoms with Crippen molar-refractivity contribution < 1.29 is 0 Å². The van der Waals surface area contributed by atoms with Crippen LogP contribution < -0.4 is 10.2 Å². The number of aryl methyl sites for hydroxylation is 1. The summed E-state index contributed by atoms with van der Waals surface area (Å²) in [7, 11) is 0. The van der Waals surface area contributed by atoms with Gasteiger partial charge in [0.15, 0.2) is 5.96 Å². The first-order chi connectivity index (χ1) is 13.0. The molecule has 1 aliphatic heterocycles. The molecule has 154 valence electrons. The largest absolute Gasteiger partial charge is 0.357 e. The lowest BCUT2D eigenvalue weighted by Gasteiger charge is -2.36. The molecule has 2 heterocycles. The summed E-state index contributed by atoms with van der Waals surface area (Å²) < 4.78 is 4.41. The molecule has 0 radical (unpaired) electrons. The van der Waals surface area contributed by atoms with Gasteiger partial charge in [-0.25, -0.2) is 4.98 Å². The number of guanidine groups is 1. The summed E-state index contributed by atoms with van der Waals surface area (Å²) >= 11 is 1.52. The van der Waals surface area contributed by atoms with Crippen molar-refractivity contribution in [3.8, 4) is 0 Å². The first-order valence-corrected chi connectivity index (χ1v) is 11.1. The number of aromatic nitrogens is 2. The summed E-state index contributed by atoms with van der Waals surface area (Å²) in [6.45, 7) is 19.8.